The van der Waals surface area contributed by atoms with Gasteiger partial charge in [-0.25, -0.2) is 0 Å². The first kappa shape index (κ1) is 33.3. The molecule has 3 saturated carbocycles. The van der Waals surface area contributed by atoms with Crippen molar-refractivity contribution in [2.24, 2.45) is 17.8 Å². The zero-order valence-electron chi connectivity index (χ0n) is 23.8. The topological polar surface area (TPSA) is 256 Å². The third-order valence-corrected chi connectivity index (χ3v) is 10.0. The molecule has 0 aromatic rings. The summed E-state index contributed by atoms with van der Waals surface area (Å²) < 4.78 is 24.1. The minimum atomic E-state index is -1.76. The summed E-state index contributed by atoms with van der Waals surface area (Å²) in [4.78, 5) is 13.1. The summed E-state index contributed by atoms with van der Waals surface area (Å²) in [5.41, 5.74) is 0. The highest BCUT2D eigenvalue weighted by Gasteiger charge is 2.53. The Morgan fingerprint density at radius 2 is 1.40 bits per heavy atom. The van der Waals surface area contributed by atoms with Gasteiger partial charge in [0.05, 0.1) is 67.5 Å². The number of aliphatic hydroxyl groups is 10. The van der Waals surface area contributed by atoms with Crippen LogP contribution in [0.15, 0.2) is 0 Å². The van der Waals surface area contributed by atoms with Crippen LogP contribution in [0.5, 0.6) is 0 Å². The van der Waals surface area contributed by atoms with Crippen molar-refractivity contribution >= 4 is 5.97 Å². The van der Waals surface area contributed by atoms with Gasteiger partial charge in [-0.3, -0.25) is 4.79 Å². The van der Waals surface area contributed by atoms with Crippen molar-refractivity contribution in [3.63, 3.8) is 0 Å². The lowest BCUT2D eigenvalue weighted by molar-refractivity contribution is -0.335. The Morgan fingerprint density at radius 1 is 0.698 bits per heavy atom. The molecule has 43 heavy (non-hydrogen) atoms. The number of carbonyl (C=O) groups excluding carboxylic acids is 1. The lowest BCUT2D eigenvalue weighted by Crippen LogP contribution is -2.63. The third kappa shape index (κ3) is 7.04. The normalized spacial score (nSPS) is 52.7. The predicted molar refractivity (Wildman–Crippen MR) is 141 cm³/mol. The first-order valence-electron chi connectivity index (χ1n) is 15.3. The minimum Gasteiger partial charge on any atom is -0.454 e. The minimum absolute atomic E-state index is 0.141. The molecule has 0 aromatic heterocycles. The molecule has 5 fully saturated rings. The van der Waals surface area contributed by atoms with E-state index in [1.165, 1.54) is 0 Å². The molecule has 0 radical (unpaired) electrons. The average molecular weight is 623 g/mol. The quantitative estimate of drug-likeness (QED) is 0.127. The molecule has 2 aliphatic heterocycles. The lowest BCUT2D eigenvalue weighted by Gasteiger charge is -2.51. The van der Waals surface area contributed by atoms with Gasteiger partial charge >= 0.3 is 5.97 Å². The summed E-state index contributed by atoms with van der Waals surface area (Å²) in [6.45, 7) is -0.698. The van der Waals surface area contributed by atoms with Gasteiger partial charge < -0.3 is 70.0 Å². The molecule has 2 heterocycles. The monoisotopic (exact) mass is 622 g/mol. The fourth-order valence-corrected chi connectivity index (χ4v) is 7.51. The van der Waals surface area contributed by atoms with Crippen LogP contribution in [0.25, 0.3) is 0 Å². The Hall–Kier alpha value is -1.05. The number of ether oxygens (including phenoxy) is 4. The van der Waals surface area contributed by atoms with Crippen molar-refractivity contribution in [1.82, 2.24) is 0 Å². The van der Waals surface area contributed by atoms with E-state index in [1.807, 2.05) is 0 Å². The number of aliphatic hydroxyl groups excluding tert-OH is 10. The number of esters is 1. The standard InChI is InChI=1S/C28H46O15/c29-9-21-23(37)24(38)26(43-27(39)11-4-17(34)22(36)18(35)5-11)28(42-21)41-20-8-13-15(32)6-12(30)7-19(13)40-25(20)10-1-2-14(31)16(33)3-10/h10-26,28-38H,1-9H2/t10?,11?,12?,13?,14?,15?,16?,17?,18?,19?,20?,21-,22?,23-,24+,25?,26-,28-/m1/s1. The molecule has 16 atom stereocenters. The van der Waals surface area contributed by atoms with Gasteiger partial charge in [0.15, 0.2) is 12.4 Å². The summed E-state index contributed by atoms with van der Waals surface area (Å²) in [5, 5.41) is 103. The lowest BCUT2D eigenvalue weighted by atomic mass is 9.72. The molecular weight excluding hydrogens is 576 g/mol. The summed E-state index contributed by atoms with van der Waals surface area (Å²) in [5.74, 6) is -2.71. The van der Waals surface area contributed by atoms with Crippen LogP contribution >= 0.6 is 0 Å². The number of hydrogen-bond donors (Lipinski definition) is 10. The molecule has 15 heteroatoms. The first-order chi connectivity index (χ1) is 20.4. The zero-order chi connectivity index (χ0) is 31.2. The second kappa shape index (κ2) is 13.7. The average Bonchev–Trinajstić information content (AvgIpc) is 2.96. The molecule has 0 aromatic carbocycles. The maximum absolute atomic E-state index is 13.1. The van der Waals surface area contributed by atoms with E-state index in [0.29, 0.717) is 12.8 Å². The van der Waals surface area contributed by atoms with Gasteiger partial charge in [-0.2, -0.15) is 0 Å². The largest absolute Gasteiger partial charge is 0.454 e. The van der Waals surface area contributed by atoms with Crippen molar-refractivity contribution in [3.8, 4) is 0 Å². The molecular formula is C28H46O15. The number of carbonyl (C=O) groups is 1. The van der Waals surface area contributed by atoms with Crippen molar-refractivity contribution in [2.45, 2.75) is 143 Å². The van der Waals surface area contributed by atoms with Gasteiger partial charge in [0.2, 0.25) is 0 Å². The Bertz CT molecular complexity index is 928. The van der Waals surface area contributed by atoms with Crippen LogP contribution in [0.3, 0.4) is 0 Å². The summed E-state index contributed by atoms with van der Waals surface area (Å²) >= 11 is 0. The van der Waals surface area contributed by atoms with E-state index in [2.05, 4.69) is 0 Å². The van der Waals surface area contributed by atoms with Crippen LogP contribution in [0, 0.1) is 17.8 Å². The Kier molecular flexibility index (Phi) is 10.7. The molecule has 15 nitrogen and oxygen atoms in total. The molecule has 5 rings (SSSR count). The molecule has 11 unspecified atom stereocenters. The predicted octanol–water partition coefficient (Wildman–Crippen LogP) is -3.97. The zero-order valence-corrected chi connectivity index (χ0v) is 23.8. The fourth-order valence-electron chi connectivity index (χ4n) is 7.51. The number of fused-ring (bicyclic) bond motifs is 1. The number of hydrogen-bond acceptors (Lipinski definition) is 15. The molecule has 5 aliphatic rings. The van der Waals surface area contributed by atoms with E-state index in [4.69, 9.17) is 18.9 Å². The first-order valence-corrected chi connectivity index (χ1v) is 15.3. The van der Waals surface area contributed by atoms with Crippen LogP contribution in [0.1, 0.15) is 51.4 Å². The second-order valence-corrected chi connectivity index (χ2v) is 13.0. The van der Waals surface area contributed by atoms with E-state index in [9.17, 15) is 55.9 Å². The summed E-state index contributed by atoms with van der Waals surface area (Å²) in [7, 11) is 0. The Balaban J connectivity index is 1.38. The van der Waals surface area contributed by atoms with Crippen molar-refractivity contribution < 1.29 is 74.8 Å². The van der Waals surface area contributed by atoms with Crippen LogP contribution in [-0.2, 0) is 23.7 Å². The van der Waals surface area contributed by atoms with E-state index < -0.39 is 116 Å². The maximum Gasteiger partial charge on any atom is 0.309 e. The van der Waals surface area contributed by atoms with E-state index in [0.717, 1.165) is 0 Å². The van der Waals surface area contributed by atoms with Gasteiger partial charge in [-0.05, 0) is 57.3 Å². The molecule has 0 amide bonds. The summed E-state index contributed by atoms with van der Waals surface area (Å²) in [6.07, 6.45) is -16.5. The highest BCUT2D eigenvalue weighted by atomic mass is 16.7. The SMILES string of the molecule is O=C(O[C@H]1[C@H](OC2CC3C(O)CC(O)CC3OC2C2CCC(O)C(O)C2)O[C@H](CO)[C@@H](O)[C@@H]1O)C1CC(O)C(O)C(O)C1. The molecule has 0 bridgehead atoms. The van der Waals surface area contributed by atoms with E-state index >= 15 is 0 Å². The van der Waals surface area contributed by atoms with Crippen molar-refractivity contribution in [3.05, 3.63) is 0 Å². The highest BCUT2D eigenvalue weighted by Crippen LogP contribution is 2.43. The van der Waals surface area contributed by atoms with Gasteiger partial charge in [-0.15, -0.1) is 0 Å². The van der Waals surface area contributed by atoms with Crippen molar-refractivity contribution in [2.75, 3.05) is 6.61 Å². The second-order valence-electron chi connectivity index (χ2n) is 13.0. The van der Waals surface area contributed by atoms with E-state index in [-0.39, 0.29) is 44.4 Å². The van der Waals surface area contributed by atoms with Crippen LogP contribution in [0.4, 0.5) is 0 Å². The molecule has 2 saturated heterocycles. The fraction of sp³-hybridized carbons (Fsp3) is 0.964. The Morgan fingerprint density at radius 3 is 2.05 bits per heavy atom. The Labute approximate surface area is 248 Å². The van der Waals surface area contributed by atoms with Gasteiger partial charge in [-0.1, -0.05) is 0 Å². The van der Waals surface area contributed by atoms with Crippen LogP contribution < -0.4 is 0 Å². The molecule has 0 spiro atoms. The van der Waals surface area contributed by atoms with Gasteiger partial charge in [0.1, 0.15) is 24.4 Å². The van der Waals surface area contributed by atoms with Crippen LogP contribution in [0.2, 0.25) is 0 Å². The highest BCUT2D eigenvalue weighted by molar-refractivity contribution is 5.73. The third-order valence-electron chi connectivity index (χ3n) is 10.0. The molecule has 10 N–H and O–H groups in total. The van der Waals surface area contributed by atoms with Crippen molar-refractivity contribution in [1.29, 1.82) is 0 Å². The smallest absolute Gasteiger partial charge is 0.309 e. The van der Waals surface area contributed by atoms with E-state index in [1.54, 1.807) is 0 Å². The van der Waals surface area contributed by atoms with Gasteiger partial charge in [0.25, 0.3) is 0 Å². The van der Waals surface area contributed by atoms with Crippen LogP contribution in [-0.4, -0.2) is 155 Å². The maximum atomic E-state index is 13.1. The molecule has 248 valence electrons. The summed E-state index contributed by atoms with van der Waals surface area (Å²) in [6, 6.07) is 0. The van der Waals surface area contributed by atoms with Gasteiger partial charge in [0, 0.05) is 5.92 Å². The number of rotatable bonds is 6. The molecule has 3 aliphatic carbocycles.